The summed E-state index contributed by atoms with van der Waals surface area (Å²) in [4.78, 5) is 34.6. The van der Waals surface area contributed by atoms with Crippen LogP contribution in [0.3, 0.4) is 0 Å². The number of aromatic nitrogens is 3. The van der Waals surface area contributed by atoms with Gasteiger partial charge in [0.05, 0.1) is 29.2 Å². The van der Waals surface area contributed by atoms with Gasteiger partial charge in [0.2, 0.25) is 5.88 Å². The first kappa shape index (κ1) is 38.0. The summed E-state index contributed by atoms with van der Waals surface area (Å²) in [5.74, 6) is 1.79. The van der Waals surface area contributed by atoms with Crippen LogP contribution in [0.2, 0.25) is 0 Å². The minimum absolute atomic E-state index is 0.0264. The van der Waals surface area contributed by atoms with Gasteiger partial charge in [-0.25, -0.2) is 18.6 Å². The molecule has 5 aliphatic heterocycles. The largest absolute Gasteiger partial charge is 0.472 e. The van der Waals surface area contributed by atoms with Crippen LogP contribution in [0.5, 0.6) is 17.6 Å². The number of fused-ring (bicyclic) bond motifs is 7. The number of nitrogens with zero attached hydrogens (tertiary/aromatic N) is 6. The van der Waals surface area contributed by atoms with Crippen LogP contribution in [0.25, 0.3) is 32.9 Å². The maximum absolute atomic E-state index is 17.7. The van der Waals surface area contributed by atoms with E-state index in [1.165, 1.54) is 13.2 Å². The molecule has 1 amide bonds. The molecule has 58 heavy (non-hydrogen) atoms. The standard InChI is InChI=1S/C44H46F2N6O6/c1-9-29-31(45)12-10-26-14-28(56-22-54-8)15-30(33(26)29)36-35(46)37-34-39(49-41(48-37)55-21-44-16-23(2)18-50(44)19-24(3)17-44)51-20-27-11-13-32(38(51)25(4)57-40(34)47-36)52(27)42(53)58-43(5,6)7/h1,10,12,14-15,25,27,32,38H,2-3,11,13,16-22H2,4-8H3/t25-,27+,32-,38+/m0/s1. The minimum atomic E-state index is -0.807. The summed E-state index contributed by atoms with van der Waals surface area (Å²) in [5.41, 5.74) is 0.986. The molecule has 0 N–H and O–H groups in total. The van der Waals surface area contributed by atoms with Crippen LogP contribution < -0.4 is 19.1 Å². The van der Waals surface area contributed by atoms with Crippen molar-refractivity contribution >= 4 is 33.6 Å². The number of halogens is 2. The number of carbonyl (C=O) groups is 1. The fourth-order valence-corrected chi connectivity index (χ4v) is 9.86. The zero-order chi connectivity index (χ0) is 40.8. The second-order valence-corrected chi connectivity index (χ2v) is 17.2. The molecular weight excluding hydrogens is 747 g/mol. The highest BCUT2D eigenvalue weighted by Gasteiger charge is 2.54. The van der Waals surface area contributed by atoms with Gasteiger partial charge in [-0.1, -0.05) is 36.3 Å². The summed E-state index contributed by atoms with van der Waals surface area (Å²) >= 11 is 0. The van der Waals surface area contributed by atoms with Gasteiger partial charge in [-0.15, -0.1) is 6.42 Å². The fraction of sp³-hybridized carbons (Fsp3) is 0.455. The van der Waals surface area contributed by atoms with E-state index in [0.29, 0.717) is 29.9 Å². The maximum Gasteiger partial charge on any atom is 0.410 e. The molecule has 2 aromatic heterocycles. The Hall–Kier alpha value is -5.52. The molecule has 302 valence electrons. The molecule has 4 saturated heterocycles. The number of amides is 1. The van der Waals surface area contributed by atoms with E-state index in [1.807, 2.05) is 32.6 Å². The van der Waals surface area contributed by atoms with Crippen molar-refractivity contribution in [1.29, 1.82) is 0 Å². The lowest BCUT2D eigenvalue weighted by Crippen LogP contribution is -2.65. The summed E-state index contributed by atoms with van der Waals surface area (Å²) in [6, 6.07) is 5.10. The van der Waals surface area contributed by atoms with Crippen molar-refractivity contribution < 1.29 is 37.3 Å². The summed E-state index contributed by atoms with van der Waals surface area (Å²) in [5, 5.41) is 1.03. The van der Waals surface area contributed by atoms with Gasteiger partial charge in [0.25, 0.3) is 0 Å². The van der Waals surface area contributed by atoms with Crippen molar-refractivity contribution in [3.05, 3.63) is 65.8 Å². The van der Waals surface area contributed by atoms with E-state index in [0.717, 1.165) is 43.5 Å². The summed E-state index contributed by atoms with van der Waals surface area (Å²) < 4.78 is 63.2. The van der Waals surface area contributed by atoms with E-state index in [-0.39, 0.29) is 76.0 Å². The smallest absolute Gasteiger partial charge is 0.410 e. The molecule has 7 heterocycles. The number of methoxy groups -OCH3 is 1. The molecule has 12 nitrogen and oxygen atoms in total. The number of rotatable bonds is 7. The van der Waals surface area contributed by atoms with Crippen molar-refractivity contribution in [3.8, 4) is 41.2 Å². The van der Waals surface area contributed by atoms with Gasteiger partial charge < -0.3 is 28.6 Å². The number of pyridine rings is 1. The number of hydrogen-bond donors (Lipinski definition) is 0. The van der Waals surface area contributed by atoms with Crippen LogP contribution in [-0.2, 0) is 9.47 Å². The molecule has 5 aliphatic rings. The molecule has 0 radical (unpaired) electrons. The Morgan fingerprint density at radius 2 is 1.83 bits per heavy atom. The topological polar surface area (TPSA) is 112 Å². The van der Waals surface area contributed by atoms with Gasteiger partial charge in [-0.05, 0) is 77.0 Å². The predicted octanol–water partition coefficient (Wildman–Crippen LogP) is 7.16. The van der Waals surface area contributed by atoms with E-state index in [2.05, 4.69) is 28.9 Å². The first-order valence-electron chi connectivity index (χ1n) is 19.6. The van der Waals surface area contributed by atoms with Gasteiger partial charge in [-0.2, -0.15) is 9.97 Å². The fourth-order valence-electron chi connectivity index (χ4n) is 9.86. The highest BCUT2D eigenvalue weighted by molar-refractivity contribution is 6.04. The second kappa shape index (κ2) is 13.8. The Bertz CT molecular complexity index is 2440. The van der Waals surface area contributed by atoms with E-state index in [1.54, 1.807) is 18.2 Å². The van der Waals surface area contributed by atoms with Gasteiger partial charge in [-0.3, -0.25) is 9.80 Å². The Kier molecular flexibility index (Phi) is 9.05. The van der Waals surface area contributed by atoms with Crippen LogP contribution >= 0.6 is 0 Å². The van der Waals surface area contributed by atoms with E-state index >= 15 is 8.78 Å². The zero-order valence-corrected chi connectivity index (χ0v) is 33.4. The molecule has 0 spiro atoms. The molecule has 0 unspecified atom stereocenters. The Labute approximate surface area is 335 Å². The van der Waals surface area contributed by atoms with Gasteiger partial charge in [0.15, 0.2) is 12.6 Å². The Morgan fingerprint density at radius 1 is 1.07 bits per heavy atom. The number of terminal acetylenes is 1. The van der Waals surface area contributed by atoms with Gasteiger partial charge in [0.1, 0.15) is 52.3 Å². The Balaban J connectivity index is 1.23. The molecule has 4 aromatic rings. The lowest BCUT2D eigenvalue weighted by Gasteiger charge is -2.48. The van der Waals surface area contributed by atoms with Crippen molar-refractivity contribution in [2.24, 2.45) is 0 Å². The third kappa shape index (κ3) is 6.17. The summed E-state index contributed by atoms with van der Waals surface area (Å²) in [6.45, 7) is 18.0. The highest BCUT2D eigenvalue weighted by Crippen LogP contribution is 2.48. The lowest BCUT2D eigenvalue weighted by atomic mass is 9.92. The van der Waals surface area contributed by atoms with Crippen molar-refractivity contribution in [1.82, 2.24) is 24.8 Å². The molecule has 2 bridgehead atoms. The SMILES string of the molecule is C#Cc1c(F)ccc2cc(OCOC)cc(-c3nc4c5c(nc(OCC67CC(=C)CN6CC(=C)C7)nc5c3F)N3C[C@H]5CC[C@@H]([C@H]3[C@H](C)O4)N5C(=O)OC(C)(C)C)c12. The number of hydrogen-bond acceptors (Lipinski definition) is 11. The Morgan fingerprint density at radius 3 is 2.53 bits per heavy atom. The molecular formula is C44H46F2N6O6. The molecule has 0 aliphatic carbocycles. The van der Waals surface area contributed by atoms with E-state index in [9.17, 15) is 4.79 Å². The van der Waals surface area contributed by atoms with Crippen LogP contribution in [-0.4, -0.2) is 106 Å². The number of benzene rings is 2. The minimum Gasteiger partial charge on any atom is -0.472 e. The molecule has 9 rings (SSSR count). The summed E-state index contributed by atoms with van der Waals surface area (Å²) in [7, 11) is 1.48. The summed E-state index contributed by atoms with van der Waals surface area (Å²) in [6.07, 6.45) is 7.82. The zero-order valence-electron chi connectivity index (χ0n) is 33.4. The number of anilines is 1. The highest BCUT2D eigenvalue weighted by atomic mass is 19.1. The van der Waals surface area contributed by atoms with E-state index < -0.39 is 35.5 Å². The third-order valence-electron chi connectivity index (χ3n) is 12.0. The van der Waals surface area contributed by atoms with Crippen LogP contribution in [0, 0.1) is 24.0 Å². The molecule has 0 saturated carbocycles. The average molecular weight is 793 g/mol. The van der Waals surface area contributed by atoms with Gasteiger partial charge >= 0.3 is 12.1 Å². The van der Waals surface area contributed by atoms with E-state index in [4.69, 9.17) is 45.1 Å². The predicted molar refractivity (Wildman–Crippen MR) is 214 cm³/mol. The van der Waals surface area contributed by atoms with Crippen molar-refractivity contribution in [3.63, 3.8) is 0 Å². The molecule has 4 fully saturated rings. The normalized spacial score (nSPS) is 23.4. The van der Waals surface area contributed by atoms with Crippen LogP contribution in [0.1, 0.15) is 58.9 Å². The molecule has 14 heteroatoms. The lowest BCUT2D eigenvalue weighted by molar-refractivity contribution is 0.000931. The quantitative estimate of drug-likeness (QED) is 0.108. The average Bonchev–Trinajstić information content (AvgIpc) is 3.73. The molecule has 4 atom stereocenters. The number of carbonyl (C=O) groups excluding carboxylic acids is 1. The second-order valence-electron chi connectivity index (χ2n) is 17.2. The number of ether oxygens (including phenoxy) is 5. The molecule has 2 aromatic carbocycles. The van der Waals surface area contributed by atoms with Crippen molar-refractivity contribution in [2.45, 2.75) is 88.7 Å². The van der Waals surface area contributed by atoms with Gasteiger partial charge in [0, 0.05) is 37.7 Å². The maximum atomic E-state index is 17.7. The van der Waals surface area contributed by atoms with Crippen LogP contribution in [0.4, 0.5) is 19.4 Å². The van der Waals surface area contributed by atoms with Crippen LogP contribution in [0.15, 0.2) is 48.6 Å². The first-order chi connectivity index (χ1) is 27.7. The first-order valence-corrected chi connectivity index (χ1v) is 19.6. The monoisotopic (exact) mass is 792 g/mol. The number of piperazine rings is 1. The third-order valence-corrected chi connectivity index (χ3v) is 12.0. The van der Waals surface area contributed by atoms with Crippen molar-refractivity contribution in [2.75, 3.05) is 45.0 Å².